The second-order valence-corrected chi connectivity index (χ2v) is 12.8. The van der Waals surface area contributed by atoms with Gasteiger partial charge in [-0.15, -0.1) is 36.5 Å². The zero-order chi connectivity index (χ0) is 34.7. The number of ether oxygens (including phenoxy) is 2. The number of amides is 1. The second kappa shape index (κ2) is 13.9. The van der Waals surface area contributed by atoms with Gasteiger partial charge in [-0.05, 0) is 47.2 Å². The molecule has 0 saturated carbocycles. The number of aliphatic hydroxyl groups excluding tert-OH is 1. The number of aliphatic hydroxyl groups is 1. The van der Waals surface area contributed by atoms with Crippen LogP contribution in [0.25, 0.3) is 10.3 Å². The van der Waals surface area contributed by atoms with Gasteiger partial charge in [0.25, 0.3) is 0 Å². The molecular formula is C26H24F6N8O6S2. The van der Waals surface area contributed by atoms with E-state index in [1.807, 2.05) is 0 Å². The van der Waals surface area contributed by atoms with Crippen molar-refractivity contribution in [2.75, 3.05) is 43.0 Å². The molecule has 1 atom stereocenters. The maximum atomic E-state index is 13.7. The highest BCUT2D eigenvalue weighted by Gasteiger charge is 2.41. The molecule has 258 valence electrons. The zero-order valence-electron chi connectivity index (χ0n) is 24.2. The predicted octanol–water partition coefficient (Wildman–Crippen LogP) is 2.88. The van der Waals surface area contributed by atoms with Crippen molar-refractivity contribution < 1.29 is 54.1 Å². The average Bonchev–Trinajstić information content (AvgIpc) is 3.47. The van der Waals surface area contributed by atoms with Crippen molar-refractivity contribution in [2.24, 2.45) is 0 Å². The Morgan fingerprint density at radius 1 is 0.958 bits per heavy atom. The molecule has 48 heavy (non-hydrogen) atoms. The van der Waals surface area contributed by atoms with Crippen LogP contribution in [0.2, 0.25) is 0 Å². The van der Waals surface area contributed by atoms with Crippen LogP contribution in [0.5, 0.6) is 11.5 Å². The number of benzene rings is 2. The Morgan fingerprint density at radius 3 is 2.19 bits per heavy atom. The molecule has 5 rings (SSSR count). The molecule has 2 aromatic heterocycles. The van der Waals surface area contributed by atoms with Gasteiger partial charge in [-0.3, -0.25) is 4.79 Å². The number of piperazine rings is 1. The largest absolute Gasteiger partial charge is 0.573 e. The molecule has 0 radical (unpaired) electrons. The molecule has 1 aliphatic heterocycles. The van der Waals surface area contributed by atoms with Gasteiger partial charge in [-0.1, -0.05) is 23.5 Å². The summed E-state index contributed by atoms with van der Waals surface area (Å²) in [5.74, 6) is -1.59. The van der Waals surface area contributed by atoms with Crippen LogP contribution in [-0.2, 0) is 21.4 Å². The van der Waals surface area contributed by atoms with Gasteiger partial charge >= 0.3 is 12.7 Å². The smallest absolute Gasteiger partial charge is 0.406 e. The fourth-order valence-electron chi connectivity index (χ4n) is 4.61. The van der Waals surface area contributed by atoms with E-state index in [1.54, 1.807) is 4.90 Å². The summed E-state index contributed by atoms with van der Waals surface area (Å²) in [5, 5.41) is 26.4. The Morgan fingerprint density at radius 2 is 1.58 bits per heavy atom. The number of halogens is 6. The average molecular weight is 723 g/mol. The highest BCUT2D eigenvalue weighted by atomic mass is 32.2. The van der Waals surface area contributed by atoms with E-state index >= 15 is 0 Å². The molecule has 3 N–H and O–H groups in total. The molecule has 14 nitrogen and oxygen atoms in total. The number of fused-ring (bicyclic) bond motifs is 1. The predicted molar refractivity (Wildman–Crippen MR) is 157 cm³/mol. The summed E-state index contributed by atoms with van der Waals surface area (Å²) in [6.45, 7) is -0.644. The Kier molecular flexibility index (Phi) is 10.1. The van der Waals surface area contributed by atoms with Crippen LogP contribution in [-0.4, -0.2) is 95.7 Å². The fourth-order valence-corrected chi connectivity index (χ4v) is 7.18. The quantitative estimate of drug-likeness (QED) is 0.194. The lowest BCUT2D eigenvalue weighted by Crippen LogP contribution is -2.60. The number of thiazole rings is 1. The van der Waals surface area contributed by atoms with Crippen LogP contribution in [0.15, 0.2) is 53.4 Å². The first kappa shape index (κ1) is 34.8. The molecule has 3 heterocycles. The first-order chi connectivity index (χ1) is 22.6. The standard InChI is InChI=1S/C26H24F6N8O6S2/c27-25(28,29)45-16-3-1-15(2-4-16)13-34-23(42)19-14-39(24-35-22-20(47-24)21(33-9-12-41)36-38-37-22)10-11-40(19)48(43,44)18-7-5-17(6-8-18)46-26(30,31)32/h1-8,19,41H,9-14H2,(H,34,42)(H,33,36,37)/t19-/m1/s1. The lowest BCUT2D eigenvalue weighted by molar-refractivity contribution is -0.275. The molecule has 1 aliphatic rings. The SMILES string of the molecule is O=C(NCc1ccc(OC(F)(F)F)cc1)[C@H]1CN(c2nc3nnnc(NCCO)c3s2)CCN1S(=O)(=O)c1ccc(OC(F)(F)F)cc1. The highest BCUT2D eigenvalue weighted by Crippen LogP contribution is 2.34. The van der Waals surface area contributed by atoms with Gasteiger partial charge in [0.15, 0.2) is 16.6 Å². The maximum absolute atomic E-state index is 13.7. The Bertz CT molecular complexity index is 1840. The molecule has 1 fully saturated rings. The van der Waals surface area contributed by atoms with Crippen molar-refractivity contribution in [1.29, 1.82) is 0 Å². The molecule has 1 saturated heterocycles. The van der Waals surface area contributed by atoms with E-state index in [1.165, 1.54) is 12.1 Å². The molecule has 0 spiro atoms. The molecular weight excluding hydrogens is 698 g/mol. The van der Waals surface area contributed by atoms with Gasteiger partial charge in [0.05, 0.1) is 11.5 Å². The van der Waals surface area contributed by atoms with Gasteiger partial charge in [0, 0.05) is 32.7 Å². The Balaban J connectivity index is 1.40. The van der Waals surface area contributed by atoms with E-state index in [4.69, 9.17) is 5.11 Å². The third-order valence-electron chi connectivity index (χ3n) is 6.69. The topological polar surface area (TPSA) is 172 Å². The lowest BCUT2D eigenvalue weighted by atomic mass is 10.1. The second-order valence-electron chi connectivity index (χ2n) is 9.94. The molecule has 2 aromatic carbocycles. The Hall–Kier alpha value is -4.54. The number of hydrogen-bond donors (Lipinski definition) is 3. The van der Waals surface area contributed by atoms with Crippen LogP contribution >= 0.6 is 11.3 Å². The number of nitrogens with zero attached hydrogens (tertiary/aromatic N) is 6. The van der Waals surface area contributed by atoms with Gasteiger partial charge in [-0.25, -0.2) is 8.42 Å². The summed E-state index contributed by atoms with van der Waals surface area (Å²) >= 11 is 1.13. The number of hydrogen-bond acceptors (Lipinski definition) is 13. The first-order valence-electron chi connectivity index (χ1n) is 13.7. The third kappa shape index (κ3) is 8.48. The van der Waals surface area contributed by atoms with E-state index in [0.717, 1.165) is 52.0 Å². The number of anilines is 2. The van der Waals surface area contributed by atoms with Gasteiger partial charge in [0.1, 0.15) is 22.2 Å². The molecule has 22 heteroatoms. The van der Waals surface area contributed by atoms with Crippen molar-refractivity contribution in [3.8, 4) is 11.5 Å². The molecule has 0 aliphatic carbocycles. The number of alkyl halides is 6. The minimum absolute atomic E-state index is 0.0407. The zero-order valence-corrected chi connectivity index (χ0v) is 25.8. The van der Waals surface area contributed by atoms with Crippen LogP contribution in [0.1, 0.15) is 5.56 Å². The van der Waals surface area contributed by atoms with E-state index in [9.17, 15) is 39.6 Å². The summed E-state index contributed by atoms with van der Waals surface area (Å²) in [6.07, 6.45) is -9.89. The van der Waals surface area contributed by atoms with E-state index in [2.05, 4.69) is 40.5 Å². The van der Waals surface area contributed by atoms with Crippen LogP contribution in [0.4, 0.5) is 37.3 Å². The Labute approximate surface area is 271 Å². The summed E-state index contributed by atoms with van der Waals surface area (Å²) in [6, 6.07) is 6.77. The van der Waals surface area contributed by atoms with Crippen molar-refractivity contribution in [2.45, 2.75) is 30.2 Å². The van der Waals surface area contributed by atoms with Gasteiger partial charge < -0.3 is 30.1 Å². The lowest BCUT2D eigenvalue weighted by Gasteiger charge is -2.39. The number of carbonyl (C=O) groups is 1. The minimum atomic E-state index is -5.00. The van der Waals surface area contributed by atoms with Crippen molar-refractivity contribution in [3.63, 3.8) is 0 Å². The molecule has 4 aromatic rings. The number of rotatable bonds is 11. The third-order valence-corrected chi connectivity index (χ3v) is 9.73. The molecule has 1 amide bonds. The summed E-state index contributed by atoms with van der Waals surface area (Å²) in [5.41, 5.74) is 0.584. The normalized spacial score (nSPS) is 16.1. The van der Waals surface area contributed by atoms with Crippen LogP contribution < -0.4 is 25.0 Å². The van der Waals surface area contributed by atoms with E-state index in [0.29, 0.717) is 21.2 Å². The van der Waals surface area contributed by atoms with Gasteiger partial charge in [-0.2, -0.15) is 9.29 Å². The van der Waals surface area contributed by atoms with Crippen molar-refractivity contribution >= 4 is 48.6 Å². The number of carbonyl (C=O) groups excluding carboxylic acids is 1. The number of nitrogens with one attached hydrogen (secondary N) is 2. The van der Waals surface area contributed by atoms with E-state index in [-0.39, 0.29) is 45.0 Å². The fraction of sp³-hybridized carbons (Fsp3) is 0.346. The number of sulfonamides is 1. The van der Waals surface area contributed by atoms with Gasteiger partial charge in [0.2, 0.25) is 15.9 Å². The van der Waals surface area contributed by atoms with Crippen molar-refractivity contribution in [1.82, 2.24) is 30.0 Å². The van der Waals surface area contributed by atoms with E-state index < -0.39 is 51.1 Å². The summed E-state index contributed by atoms with van der Waals surface area (Å²) < 4.78 is 112. The molecule has 0 unspecified atom stereocenters. The monoisotopic (exact) mass is 722 g/mol. The molecule has 0 bridgehead atoms. The number of aromatic nitrogens is 4. The maximum Gasteiger partial charge on any atom is 0.573 e. The van der Waals surface area contributed by atoms with Crippen molar-refractivity contribution in [3.05, 3.63) is 54.1 Å². The van der Waals surface area contributed by atoms with Crippen LogP contribution in [0, 0.1) is 0 Å². The summed E-state index contributed by atoms with van der Waals surface area (Å²) in [4.78, 5) is 19.3. The first-order valence-corrected chi connectivity index (χ1v) is 16.0. The minimum Gasteiger partial charge on any atom is -0.406 e. The highest BCUT2D eigenvalue weighted by molar-refractivity contribution is 7.89. The van der Waals surface area contributed by atoms with Crippen LogP contribution in [0.3, 0.4) is 0 Å². The summed E-state index contributed by atoms with van der Waals surface area (Å²) in [7, 11) is -4.47.